The van der Waals surface area contributed by atoms with Gasteiger partial charge >= 0.3 is 0 Å². The number of fused-ring (bicyclic) bond motifs is 1. The second-order valence-electron chi connectivity index (χ2n) is 6.00. The zero-order chi connectivity index (χ0) is 17.4. The molecule has 1 aromatic carbocycles. The first-order valence-electron chi connectivity index (χ1n) is 7.91. The van der Waals surface area contributed by atoms with Crippen molar-refractivity contribution in [2.45, 2.75) is 30.7 Å². The Balaban J connectivity index is 2.09. The van der Waals surface area contributed by atoms with Crippen LogP contribution in [0.25, 0.3) is 10.9 Å². The molecule has 0 saturated carbocycles. The minimum atomic E-state index is -3.82. The third-order valence-electron chi connectivity index (χ3n) is 4.24. The number of hydrogen-bond donors (Lipinski definition) is 0. The summed E-state index contributed by atoms with van der Waals surface area (Å²) in [6.07, 6.45) is 2.53. The van der Waals surface area contributed by atoms with E-state index in [1.165, 1.54) is 10.4 Å². The lowest BCUT2D eigenvalue weighted by Crippen LogP contribution is -2.41. The Kier molecular flexibility index (Phi) is 4.63. The predicted molar refractivity (Wildman–Crippen MR) is 93.0 cm³/mol. The van der Waals surface area contributed by atoms with Gasteiger partial charge in [-0.1, -0.05) is 25.1 Å². The molecule has 1 aliphatic rings. The maximum atomic E-state index is 13.2. The quantitative estimate of drug-likeness (QED) is 0.804. The number of aromatic nitrogens is 1. The van der Waals surface area contributed by atoms with Crippen LogP contribution in [0.1, 0.15) is 19.8 Å². The molecule has 0 amide bonds. The molecule has 1 aromatic heterocycles. The molecule has 1 fully saturated rings. The summed E-state index contributed by atoms with van der Waals surface area (Å²) >= 11 is 0. The first kappa shape index (κ1) is 17.3. The zero-order valence-corrected chi connectivity index (χ0v) is 15.1. The first-order chi connectivity index (χ1) is 11.3. The Morgan fingerprint density at radius 3 is 2.67 bits per heavy atom. The first-order valence-corrected chi connectivity index (χ1v) is 11.2. The summed E-state index contributed by atoms with van der Waals surface area (Å²) in [4.78, 5) is 4.36. The van der Waals surface area contributed by atoms with Gasteiger partial charge in [-0.3, -0.25) is 4.98 Å². The third kappa shape index (κ3) is 3.18. The monoisotopic (exact) mass is 368 g/mol. The van der Waals surface area contributed by atoms with Crippen molar-refractivity contribution in [1.29, 1.82) is 0 Å². The lowest BCUT2D eigenvalue weighted by Gasteiger charge is -2.27. The average molecular weight is 368 g/mol. The number of sulfone groups is 1. The maximum Gasteiger partial charge on any atom is 0.245 e. The molecular weight excluding hydrogens is 348 g/mol. The molecule has 0 bridgehead atoms. The number of para-hydroxylation sites is 1. The van der Waals surface area contributed by atoms with Gasteiger partial charge in [-0.15, -0.1) is 0 Å². The van der Waals surface area contributed by atoms with Crippen molar-refractivity contribution in [3.8, 4) is 0 Å². The van der Waals surface area contributed by atoms with Crippen LogP contribution in [0.4, 0.5) is 0 Å². The van der Waals surface area contributed by atoms with E-state index >= 15 is 0 Å². The minimum absolute atomic E-state index is 0.0428. The van der Waals surface area contributed by atoms with Crippen molar-refractivity contribution in [2.24, 2.45) is 0 Å². The van der Waals surface area contributed by atoms with Crippen LogP contribution in [-0.4, -0.2) is 50.2 Å². The molecule has 2 heterocycles. The van der Waals surface area contributed by atoms with Crippen molar-refractivity contribution < 1.29 is 16.8 Å². The van der Waals surface area contributed by atoms with E-state index in [0.29, 0.717) is 24.9 Å². The predicted octanol–water partition coefficient (Wildman–Crippen LogP) is 1.82. The van der Waals surface area contributed by atoms with Gasteiger partial charge in [0.2, 0.25) is 10.0 Å². The van der Waals surface area contributed by atoms with E-state index in [2.05, 4.69) is 4.98 Å². The Hall–Kier alpha value is -1.51. The average Bonchev–Trinajstić information content (AvgIpc) is 2.91. The Morgan fingerprint density at radius 2 is 2.00 bits per heavy atom. The molecule has 1 aliphatic heterocycles. The van der Waals surface area contributed by atoms with Crippen LogP contribution in [0.5, 0.6) is 0 Å². The second kappa shape index (κ2) is 6.42. The SMILES string of the molecule is CCCN([C@H]1CCS(=O)(=O)C1)S(=O)(=O)c1cccc2cccnc12. The highest BCUT2D eigenvalue weighted by Crippen LogP contribution is 2.28. The summed E-state index contributed by atoms with van der Waals surface area (Å²) in [5, 5.41) is 0.745. The molecule has 24 heavy (non-hydrogen) atoms. The van der Waals surface area contributed by atoms with E-state index in [0.717, 1.165) is 5.39 Å². The molecule has 1 atom stereocenters. The Labute approximate surface area is 142 Å². The topological polar surface area (TPSA) is 84.4 Å². The summed E-state index contributed by atoms with van der Waals surface area (Å²) in [5.74, 6) is -0.0639. The van der Waals surface area contributed by atoms with Gasteiger partial charge in [0.1, 0.15) is 4.90 Å². The van der Waals surface area contributed by atoms with Crippen LogP contribution in [0.3, 0.4) is 0 Å². The normalized spacial score (nSPS) is 20.7. The van der Waals surface area contributed by atoms with Gasteiger partial charge in [0, 0.05) is 24.2 Å². The molecule has 0 spiro atoms. The van der Waals surface area contributed by atoms with E-state index < -0.39 is 25.9 Å². The van der Waals surface area contributed by atoms with E-state index in [1.807, 2.05) is 19.1 Å². The van der Waals surface area contributed by atoms with Crippen LogP contribution < -0.4 is 0 Å². The molecule has 0 unspecified atom stereocenters. The van der Waals surface area contributed by atoms with E-state index in [-0.39, 0.29) is 16.4 Å². The fourth-order valence-electron chi connectivity index (χ4n) is 3.13. The van der Waals surface area contributed by atoms with Gasteiger partial charge in [-0.25, -0.2) is 16.8 Å². The number of pyridine rings is 1. The van der Waals surface area contributed by atoms with Gasteiger partial charge in [0.25, 0.3) is 0 Å². The summed E-state index contributed by atoms with van der Waals surface area (Å²) in [6.45, 7) is 2.18. The number of rotatable bonds is 5. The number of nitrogens with zero attached hydrogens (tertiary/aromatic N) is 2. The van der Waals surface area contributed by atoms with Crippen LogP contribution in [0.2, 0.25) is 0 Å². The number of benzene rings is 1. The number of sulfonamides is 1. The van der Waals surface area contributed by atoms with Crippen LogP contribution in [-0.2, 0) is 19.9 Å². The summed E-state index contributed by atoms with van der Waals surface area (Å²) < 4.78 is 51.4. The highest BCUT2D eigenvalue weighted by Gasteiger charge is 2.38. The Morgan fingerprint density at radius 1 is 1.25 bits per heavy atom. The van der Waals surface area contributed by atoms with Gasteiger partial charge in [-0.05, 0) is 25.0 Å². The molecule has 130 valence electrons. The van der Waals surface area contributed by atoms with Crippen LogP contribution in [0, 0.1) is 0 Å². The molecule has 6 nitrogen and oxygen atoms in total. The maximum absolute atomic E-state index is 13.2. The molecule has 2 aromatic rings. The molecule has 0 N–H and O–H groups in total. The molecule has 0 radical (unpaired) electrons. The van der Waals surface area contributed by atoms with Crippen molar-refractivity contribution in [3.05, 3.63) is 36.5 Å². The highest BCUT2D eigenvalue weighted by atomic mass is 32.2. The molecular formula is C16H20N2O4S2. The van der Waals surface area contributed by atoms with Crippen molar-refractivity contribution >= 4 is 30.8 Å². The van der Waals surface area contributed by atoms with Crippen molar-refractivity contribution in [1.82, 2.24) is 9.29 Å². The van der Waals surface area contributed by atoms with Crippen LogP contribution in [0.15, 0.2) is 41.4 Å². The second-order valence-corrected chi connectivity index (χ2v) is 10.1. The van der Waals surface area contributed by atoms with Gasteiger partial charge < -0.3 is 0 Å². The van der Waals surface area contributed by atoms with E-state index in [1.54, 1.807) is 18.3 Å². The minimum Gasteiger partial charge on any atom is -0.255 e. The Bertz CT molecular complexity index is 950. The summed E-state index contributed by atoms with van der Waals surface area (Å²) in [5.41, 5.74) is 0.418. The molecule has 0 aliphatic carbocycles. The van der Waals surface area contributed by atoms with E-state index in [9.17, 15) is 16.8 Å². The molecule has 8 heteroatoms. The van der Waals surface area contributed by atoms with Gasteiger partial charge in [0.15, 0.2) is 9.84 Å². The summed E-state index contributed by atoms with van der Waals surface area (Å²) in [7, 11) is -6.98. The van der Waals surface area contributed by atoms with E-state index in [4.69, 9.17) is 0 Å². The third-order valence-corrected chi connectivity index (χ3v) is 7.98. The fraction of sp³-hybridized carbons (Fsp3) is 0.438. The smallest absolute Gasteiger partial charge is 0.245 e. The largest absolute Gasteiger partial charge is 0.255 e. The lowest BCUT2D eigenvalue weighted by molar-refractivity contribution is 0.340. The highest BCUT2D eigenvalue weighted by molar-refractivity contribution is 7.92. The van der Waals surface area contributed by atoms with Gasteiger partial charge in [-0.2, -0.15) is 4.31 Å². The van der Waals surface area contributed by atoms with Crippen molar-refractivity contribution in [2.75, 3.05) is 18.1 Å². The standard InChI is InChI=1S/C16H20N2O4S2/c1-2-10-18(14-8-11-23(19,20)12-14)24(21,22)15-7-3-5-13-6-4-9-17-16(13)15/h3-7,9,14H,2,8,10-12H2,1H3/t14-/m0/s1. The lowest BCUT2D eigenvalue weighted by atomic mass is 10.2. The zero-order valence-electron chi connectivity index (χ0n) is 13.4. The van der Waals surface area contributed by atoms with Crippen LogP contribution >= 0.6 is 0 Å². The fourth-order valence-corrected chi connectivity index (χ4v) is 6.87. The van der Waals surface area contributed by atoms with Gasteiger partial charge in [0.05, 0.1) is 17.0 Å². The number of hydrogen-bond acceptors (Lipinski definition) is 5. The molecule has 1 saturated heterocycles. The summed E-state index contributed by atoms with van der Waals surface area (Å²) in [6, 6.07) is 8.10. The van der Waals surface area contributed by atoms with Crippen molar-refractivity contribution in [3.63, 3.8) is 0 Å². The molecule has 3 rings (SSSR count).